The van der Waals surface area contributed by atoms with Crippen molar-refractivity contribution >= 4 is 0 Å². The third-order valence-electron chi connectivity index (χ3n) is 3.99. The quantitative estimate of drug-likeness (QED) is 0.870. The maximum absolute atomic E-state index is 13.3. The lowest BCUT2D eigenvalue weighted by Crippen LogP contribution is -2.26. The molecule has 1 unspecified atom stereocenters. The molecule has 1 aromatic carbocycles. The second-order valence-corrected chi connectivity index (χ2v) is 5.60. The van der Waals surface area contributed by atoms with Crippen molar-refractivity contribution in [3.8, 4) is 11.3 Å². The number of imidazole rings is 1. The van der Waals surface area contributed by atoms with Gasteiger partial charge >= 0.3 is 0 Å². The lowest BCUT2D eigenvalue weighted by atomic mass is 9.89. The van der Waals surface area contributed by atoms with Gasteiger partial charge in [-0.05, 0) is 43.7 Å². The van der Waals surface area contributed by atoms with Crippen molar-refractivity contribution < 1.29 is 4.39 Å². The van der Waals surface area contributed by atoms with Gasteiger partial charge in [-0.2, -0.15) is 0 Å². The summed E-state index contributed by atoms with van der Waals surface area (Å²) in [5.74, 6) is 0.838. The molecule has 2 N–H and O–H groups in total. The average molecular weight is 259 g/mol. The zero-order chi connectivity index (χ0) is 13.5. The molecule has 0 bridgehead atoms. The molecular weight excluding hydrogens is 241 g/mol. The Bertz CT molecular complexity index is 597. The highest BCUT2D eigenvalue weighted by molar-refractivity contribution is 5.59. The zero-order valence-electron chi connectivity index (χ0n) is 11.3. The molecule has 3 rings (SSSR count). The summed E-state index contributed by atoms with van der Waals surface area (Å²) in [5.41, 5.74) is 2.66. The van der Waals surface area contributed by atoms with E-state index < -0.39 is 0 Å². The number of halogens is 1. The van der Waals surface area contributed by atoms with Crippen molar-refractivity contribution in [2.24, 2.45) is 0 Å². The predicted molar refractivity (Wildman–Crippen MR) is 73.6 cm³/mol. The van der Waals surface area contributed by atoms with Crippen LogP contribution in [0.2, 0.25) is 0 Å². The molecule has 100 valence electrons. The largest absolute Gasteiger partial charge is 0.342 e. The SMILES string of the molecule is Cc1cc(-c2cnc(C3(C)CCNC3)[nH]2)ccc1F. The molecule has 0 radical (unpaired) electrons. The van der Waals surface area contributed by atoms with Crippen LogP contribution in [0.3, 0.4) is 0 Å². The van der Waals surface area contributed by atoms with E-state index in [-0.39, 0.29) is 11.2 Å². The smallest absolute Gasteiger partial charge is 0.126 e. The zero-order valence-corrected chi connectivity index (χ0v) is 11.3. The first-order valence-corrected chi connectivity index (χ1v) is 6.61. The Morgan fingerprint density at radius 2 is 2.21 bits per heavy atom. The third-order valence-corrected chi connectivity index (χ3v) is 3.99. The third kappa shape index (κ3) is 2.16. The van der Waals surface area contributed by atoms with Gasteiger partial charge in [0.1, 0.15) is 11.6 Å². The van der Waals surface area contributed by atoms with E-state index in [1.807, 2.05) is 12.3 Å². The van der Waals surface area contributed by atoms with Crippen LogP contribution in [0.25, 0.3) is 11.3 Å². The molecule has 4 heteroatoms. The van der Waals surface area contributed by atoms with E-state index in [4.69, 9.17) is 0 Å². The summed E-state index contributed by atoms with van der Waals surface area (Å²) in [7, 11) is 0. The maximum atomic E-state index is 13.3. The first-order valence-electron chi connectivity index (χ1n) is 6.61. The molecule has 0 saturated carbocycles. The standard InChI is InChI=1S/C15H18FN3/c1-10-7-11(3-4-12(10)16)13-8-18-14(19-13)15(2)5-6-17-9-15/h3-4,7-8,17H,5-6,9H2,1-2H3,(H,18,19). The van der Waals surface area contributed by atoms with Crippen LogP contribution in [0, 0.1) is 12.7 Å². The topological polar surface area (TPSA) is 40.7 Å². The number of hydrogen-bond acceptors (Lipinski definition) is 2. The number of hydrogen-bond donors (Lipinski definition) is 2. The van der Waals surface area contributed by atoms with Gasteiger partial charge < -0.3 is 10.3 Å². The molecule has 1 aromatic heterocycles. The molecule has 2 heterocycles. The number of aromatic nitrogens is 2. The minimum atomic E-state index is -0.171. The fourth-order valence-electron chi connectivity index (χ4n) is 2.61. The lowest BCUT2D eigenvalue weighted by Gasteiger charge is -2.19. The highest BCUT2D eigenvalue weighted by Gasteiger charge is 2.33. The number of H-pyrrole nitrogens is 1. The normalized spacial score (nSPS) is 22.9. The van der Waals surface area contributed by atoms with Crippen molar-refractivity contribution in [2.45, 2.75) is 25.7 Å². The van der Waals surface area contributed by atoms with Gasteiger partial charge in [0.15, 0.2) is 0 Å². The number of aryl methyl sites for hydroxylation is 1. The van der Waals surface area contributed by atoms with Crippen LogP contribution in [0.15, 0.2) is 24.4 Å². The Morgan fingerprint density at radius 1 is 1.37 bits per heavy atom. The monoisotopic (exact) mass is 259 g/mol. The molecule has 1 aliphatic rings. The molecule has 0 aliphatic carbocycles. The van der Waals surface area contributed by atoms with E-state index >= 15 is 0 Å². The van der Waals surface area contributed by atoms with Crippen LogP contribution < -0.4 is 5.32 Å². The van der Waals surface area contributed by atoms with Gasteiger partial charge in [0.05, 0.1) is 11.9 Å². The number of nitrogens with zero attached hydrogens (tertiary/aromatic N) is 1. The molecule has 0 spiro atoms. The first-order chi connectivity index (χ1) is 9.08. The number of aromatic amines is 1. The van der Waals surface area contributed by atoms with Crippen LogP contribution >= 0.6 is 0 Å². The lowest BCUT2D eigenvalue weighted by molar-refractivity contribution is 0.495. The highest BCUT2D eigenvalue weighted by Crippen LogP contribution is 2.29. The summed E-state index contributed by atoms with van der Waals surface area (Å²) >= 11 is 0. The van der Waals surface area contributed by atoms with Crippen molar-refractivity contribution in [3.63, 3.8) is 0 Å². The van der Waals surface area contributed by atoms with Crippen LogP contribution in [-0.4, -0.2) is 23.1 Å². The van der Waals surface area contributed by atoms with E-state index in [2.05, 4.69) is 22.2 Å². The Hall–Kier alpha value is -1.68. The number of rotatable bonds is 2. The van der Waals surface area contributed by atoms with E-state index in [0.29, 0.717) is 5.56 Å². The Morgan fingerprint density at radius 3 is 2.89 bits per heavy atom. The van der Waals surface area contributed by atoms with Crippen molar-refractivity contribution in [2.75, 3.05) is 13.1 Å². The Labute approximate surface area is 112 Å². The molecular formula is C15H18FN3. The fraction of sp³-hybridized carbons (Fsp3) is 0.400. The van der Waals surface area contributed by atoms with Crippen molar-refractivity contribution in [1.82, 2.24) is 15.3 Å². The van der Waals surface area contributed by atoms with E-state index in [1.54, 1.807) is 13.0 Å². The van der Waals surface area contributed by atoms with Gasteiger partial charge in [-0.1, -0.05) is 6.92 Å². The second kappa shape index (κ2) is 4.46. The van der Waals surface area contributed by atoms with Crippen LogP contribution in [0.5, 0.6) is 0 Å². The number of nitrogens with one attached hydrogen (secondary N) is 2. The molecule has 2 aromatic rings. The van der Waals surface area contributed by atoms with Gasteiger partial charge in [-0.25, -0.2) is 9.37 Å². The minimum Gasteiger partial charge on any atom is -0.342 e. The second-order valence-electron chi connectivity index (χ2n) is 5.60. The summed E-state index contributed by atoms with van der Waals surface area (Å²) in [6.45, 7) is 5.97. The highest BCUT2D eigenvalue weighted by atomic mass is 19.1. The molecule has 1 saturated heterocycles. The molecule has 1 fully saturated rings. The van der Waals surface area contributed by atoms with Crippen molar-refractivity contribution in [3.05, 3.63) is 41.6 Å². The Kier molecular flexibility index (Phi) is 2.90. The summed E-state index contributed by atoms with van der Waals surface area (Å²) in [5, 5.41) is 3.37. The molecule has 3 nitrogen and oxygen atoms in total. The maximum Gasteiger partial charge on any atom is 0.126 e. The van der Waals surface area contributed by atoms with Crippen LogP contribution in [0.4, 0.5) is 4.39 Å². The van der Waals surface area contributed by atoms with E-state index in [9.17, 15) is 4.39 Å². The summed E-state index contributed by atoms with van der Waals surface area (Å²) in [6.07, 6.45) is 2.92. The molecule has 1 aliphatic heterocycles. The van der Waals surface area contributed by atoms with Gasteiger partial charge in [0.25, 0.3) is 0 Å². The predicted octanol–water partition coefficient (Wildman–Crippen LogP) is 2.78. The van der Waals surface area contributed by atoms with E-state index in [0.717, 1.165) is 36.6 Å². The fourth-order valence-corrected chi connectivity index (χ4v) is 2.61. The molecule has 19 heavy (non-hydrogen) atoms. The summed E-state index contributed by atoms with van der Waals surface area (Å²) in [4.78, 5) is 7.89. The Balaban J connectivity index is 1.94. The summed E-state index contributed by atoms with van der Waals surface area (Å²) in [6, 6.07) is 5.14. The van der Waals surface area contributed by atoms with Gasteiger partial charge in [0, 0.05) is 17.5 Å². The van der Waals surface area contributed by atoms with Gasteiger partial charge in [0.2, 0.25) is 0 Å². The summed E-state index contributed by atoms with van der Waals surface area (Å²) < 4.78 is 13.3. The van der Waals surface area contributed by atoms with E-state index in [1.165, 1.54) is 6.07 Å². The average Bonchev–Trinajstić information content (AvgIpc) is 3.02. The van der Waals surface area contributed by atoms with Gasteiger partial charge in [-0.3, -0.25) is 0 Å². The van der Waals surface area contributed by atoms with Gasteiger partial charge in [-0.15, -0.1) is 0 Å². The first kappa shape index (κ1) is 12.4. The van der Waals surface area contributed by atoms with Crippen LogP contribution in [0.1, 0.15) is 24.7 Å². The molecule has 0 amide bonds. The van der Waals surface area contributed by atoms with Crippen molar-refractivity contribution in [1.29, 1.82) is 0 Å². The molecule has 1 atom stereocenters. The van der Waals surface area contributed by atoms with Crippen LogP contribution in [-0.2, 0) is 5.41 Å². The number of benzene rings is 1. The minimum absolute atomic E-state index is 0.0767.